The zero-order chi connectivity index (χ0) is 17.6. The number of nitrogens with zero attached hydrogens (tertiary/aromatic N) is 1. The molecule has 1 saturated heterocycles. The molecule has 1 fully saturated rings. The Hall–Kier alpha value is -2.66. The summed E-state index contributed by atoms with van der Waals surface area (Å²) in [6.45, 7) is 1.77. The van der Waals surface area contributed by atoms with E-state index in [1.54, 1.807) is 12.1 Å². The smallest absolute Gasteiger partial charge is 0.253 e. The van der Waals surface area contributed by atoms with Crippen LogP contribution >= 0.6 is 0 Å². The Morgan fingerprint density at radius 3 is 2.20 bits per heavy atom. The fourth-order valence-electron chi connectivity index (χ4n) is 3.05. The minimum atomic E-state index is -0.0530. The maximum Gasteiger partial charge on any atom is 0.253 e. The third kappa shape index (κ3) is 4.25. The summed E-state index contributed by atoms with van der Waals surface area (Å²) in [5.41, 5.74) is 7.95. The summed E-state index contributed by atoms with van der Waals surface area (Å²) in [5, 5.41) is 3.06. The van der Waals surface area contributed by atoms with Gasteiger partial charge >= 0.3 is 0 Å². The molecule has 2 amide bonds. The van der Waals surface area contributed by atoms with E-state index in [1.807, 2.05) is 47.4 Å². The topological polar surface area (TPSA) is 75.4 Å². The molecule has 2 aromatic rings. The Labute approximate surface area is 147 Å². The molecule has 0 aliphatic carbocycles. The molecular weight excluding hydrogens is 314 g/mol. The van der Waals surface area contributed by atoms with Crippen molar-refractivity contribution in [3.63, 3.8) is 0 Å². The van der Waals surface area contributed by atoms with E-state index in [2.05, 4.69) is 5.32 Å². The number of hydrogen-bond acceptors (Lipinski definition) is 3. The molecule has 5 nitrogen and oxygen atoms in total. The first-order valence-corrected chi connectivity index (χ1v) is 8.61. The second-order valence-corrected chi connectivity index (χ2v) is 6.31. The van der Waals surface area contributed by atoms with Gasteiger partial charge in [0, 0.05) is 36.8 Å². The van der Waals surface area contributed by atoms with Gasteiger partial charge in [0.25, 0.3) is 11.8 Å². The van der Waals surface area contributed by atoms with Gasteiger partial charge in [0.1, 0.15) is 0 Å². The number of likely N-dealkylation sites (tertiary alicyclic amines) is 1. The van der Waals surface area contributed by atoms with Crippen LogP contribution in [0.5, 0.6) is 0 Å². The Balaban J connectivity index is 1.52. The van der Waals surface area contributed by atoms with Crippen molar-refractivity contribution >= 4 is 11.8 Å². The lowest BCUT2D eigenvalue weighted by Gasteiger charge is -2.32. The van der Waals surface area contributed by atoms with Crippen molar-refractivity contribution < 1.29 is 9.59 Å². The number of carbonyl (C=O) groups excluding carboxylic acids is 2. The molecule has 0 bridgehead atoms. The van der Waals surface area contributed by atoms with Gasteiger partial charge in [-0.15, -0.1) is 0 Å². The molecule has 25 heavy (non-hydrogen) atoms. The minimum absolute atomic E-state index is 0.0383. The average molecular weight is 337 g/mol. The monoisotopic (exact) mass is 337 g/mol. The summed E-state index contributed by atoms with van der Waals surface area (Å²) in [4.78, 5) is 26.6. The normalized spacial score (nSPS) is 15.0. The number of benzene rings is 2. The quantitative estimate of drug-likeness (QED) is 0.898. The number of rotatable bonds is 4. The molecule has 3 N–H and O–H groups in total. The number of hydrogen-bond donors (Lipinski definition) is 2. The number of piperidine rings is 1. The molecule has 0 radical (unpaired) electrons. The second-order valence-electron chi connectivity index (χ2n) is 6.31. The van der Waals surface area contributed by atoms with Crippen molar-refractivity contribution in [3.8, 4) is 0 Å². The summed E-state index contributed by atoms with van der Waals surface area (Å²) < 4.78 is 0. The molecule has 0 aromatic heterocycles. The molecular formula is C20H23N3O2. The van der Waals surface area contributed by atoms with Crippen LogP contribution in [-0.2, 0) is 6.54 Å². The van der Waals surface area contributed by atoms with Crippen LogP contribution in [0, 0.1) is 0 Å². The lowest BCUT2D eigenvalue weighted by atomic mass is 10.0. The van der Waals surface area contributed by atoms with Gasteiger partial charge < -0.3 is 16.0 Å². The third-order valence-electron chi connectivity index (χ3n) is 4.59. The van der Waals surface area contributed by atoms with Gasteiger partial charge in [0.15, 0.2) is 0 Å². The van der Waals surface area contributed by atoms with E-state index in [1.165, 1.54) is 0 Å². The molecule has 0 spiro atoms. The maximum atomic E-state index is 12.6. The average Bonchev–Trinajstić information content (AvgIpc) is 2.69. The maximum absolute atomic E-state index is 12.6. The summed E-state index contributed by atoms with van der Waals surface area (Å²) >= 11 is 0. The summed E-state index contributed by atoms with van der Waals surface area (Å²) in [6, 6.07) is 16.7. The van der Waals surface area contributed by atoms with E-state index >= 15 is 0 Å². The van der Waals surface area contributed by atoms with E-state index in [4.69, 9.17) is 5.73 Å². The molecule has 5 heteroatoms. The molecule has 2 aromatic carbocycles. The zero-order valence-corrected chi connectivity index (χ0v) is 14.2. The van der Waals surface area contributed by atoms with Crippen LogP contribution < -0.4 is 11.1 Å². The predicted octanol–water partition coefficient (Wildman–Crippen LogP) is 2.18. The van der Waals surface area contributed by atoms with E-state index in [9.17, 15) is 9.59 Å². The Morgan fingerprint density at radius 2 is 1.60 bits per heavy atom. The molecule has 0 atom stereocenters. The first-order valence-electron chi connectivity index (χ1n) is 8.61. The standard InChI is InChI=1S/C20H23N3O2/c21-14-15-6-8-17(9-7-15)20(25)23-12-10-18(11-13-23)22-19(24)16-4-2-1-3-5-16/h1-9,18H,10-14,21H2,(H,22,24). The van der Waals surface area contributed by atoms with Crippen molar-refractivity contribution in [2.75, 3.05) is 13.1 Å². The van der Waals surface area contributed by atoms with Crippen LogP contribution in [0.25, 0.3) is 0 Å². The fourth-order valence-corrected chi connectivity index (χ4v) is 3.05. The highest BCUT2D eigenvalue weighted by atomic mass is 16.2. The summed E-state index contributed by atoms with van der Waals surface area (Å²) in [7, 11) is 0. The first-order chi connectivity index (χ1) is 12.2. The van der Waals surface area contributed by atoms with E-state index in [-0.39, 0.29) is 17.9 Å². The minimum Gasteiger partial charge on any atom is -0.349 e. The summed E-state index contributed by atoms with van der Waals surface area (Å²) in [6.07, 6.45) is 1.54. The van der Waals surface area contributed by atoms with Crippen LogP contribution in [0.15, 0.2) is 54.6 Å². The highest BCUT2D eigenvalue weighted by Crippen LogP contribution is 2.15. The van der Waals surface area contributed by atoms with E-state index in [0.717, 1.165) is 18.4 Å². The van der Waals surface area contributed by atoms with Crippen LogP contribution in [0.1, 0.15) is 39.1 Å². The fraction of sp³-hybridized carbons (Fsp3) is 0.300. The largest absolute Gasteiger partial charge is 0.349 e. The third-order valence-corrected chi connectivity index (χ3v) is 4.59. The lowest BCUT2D eigenvalue weighted by molar-refractivity contribution is 0.0698. The zero-order valence-electron chi connectivity index (χ0n) is 14.2. The molecule has 1 aliphatic rings. The van der Waals surface area contributed by atoms with Gasteiger partial charge in [-0.25, -0.2) is 0 Å². The second kappa shape index (κ2) is 7.94. The molecule has 1 aliphatic heterocycles. The molecule has 1 heterocycles. The first kappa shape index (κ1) is 17.2. The summed E-state index contributed by atoms with van der Waals surface area (Å²) in [5.74, 6) is -0.0147. The molecule has 130 valence electrons. The SMILES string of the molecule is NCc1ccc(C(=O)N2CCC(NC(=O)c3ccccc3)CC2)cc1. The van der Waals surface area contributed by atoms with Gasteiger partial charge in [-0.05, 0) is 42.7 Å². The Bertz CT molecular complexity index is 720. The highest BCUT2D eigenvalue weighted by molar-refractivity contribution is 5.95. The number of nitrogens with two attached hydrogens (primary N) is 1. The lowest BCUT2D eigenvalue weighted by Crippen LogP contribution is -2.46. The van der Waals surface area contributed by atoms with Crippen LogP contribution in [-0.4, -0.2) is 35.8 Å². The predicted molar refractivity (Wildman–Crippen MR) is 97.2 cm³/mol. The van der Waals surface area contributed by atoms with Crippen molar-refractivity contribution in [2.24, 2.45) is 5.73 Å². The Morgan fingerprint density at radius 1 is 0.960 bits per heavy atom. The van der Waals surface area contributed by atoms with Crippen molar-refractivity contribution in [1.82, 2.24) is 10.2 Å². The van der Waals surface area contributed by atoms with Crippen molar-refractivity contribution in [1.29, 1.82) is 0 Å². The molecule has 0 saturated carbocycles. The molecule has 3 rings (SSSR count). The van der Waals surface area contributed by atoms with Crippen molar-refractivity contribution in [2.45, 2.75) is 25.4 Å². The number of carbonyl (C=O) groups is 2. The Kier molecular flexibility index (Phi) is 5.46. The van der Waals surface area contributed by atoms with Crippen LogP contribution in [0.2, 0.25) is 0 Å². The van der Waals surface area contributed by atoms with Gasteiger partial charge in [-0.1, -0.05) is 30.3 Å². The van der Waals surface area contributed by atoms with Gasteiger partial charge in [0.05, 0.1) is 0 Å². The van der Waals surface area contributed by atoms with Crippen molar-refractivity contribution in [3.05, 3.63) is 71.3 Å². The van der Waals surface area contributed by atoms with Crippen LogP contribution in [0.4, 0.5) is 0 Å². The van der Waals surface area contributed by atoms with Crippen LogP contribution in [0.3, 0.4) is 0 Å². The number of nitrogens with one attached hydrogen (secondary N) is 1. The van der Waals surface area contributed by atoms with E-state index in [0.29, 0.717) is 30.8 Å². The van der Waals surface area contributed by atoms with Gasteiger partial charge in [-0.2, -0.15) is 0 Å². The van der Waals surface area contributed by atoms with E-state index < -0.39 is 0 Å². The van der Waals surface area contributed by atoms with Gasteiger partial charge in [0.2, 0.25) is 0 Å². The van der Waals surface area contributed by atoms with Gasteiger partial charge in [-0.3, -0.25) is 9.59 Å². The highest BCUT2D eigenvalue weighted by Gasteiger charge is 2.24. The number of amides is 2. The molecule has 0 unspecified atom stereocenters.